The van der Waals surface area contributed by atoms with Gasteiger partial charge in [0.05, 0.1) is 12.2 Å². The number of amides is 1. The lowest BCUT2D eigenvalue weighted by atomic mass is 10.0. The Labute approximate surface area is 182 Å². The minimum Gasteiger partial charge on any atom is -0.356 e. The lowest BCUT2D eigenvalue weighted by Crippen LogP contribution is -2.39. The Morgan fingerprint density at radius 3 is 2.23 bits per heavy atom. The molecule has 0 aliphatic carbocycles. The maximum Gasteiger partial charge on any atom is 0.254 e. The fourth-order valence-electron chi connectivity index (χ4n) is 4.76. The summed E-state index contributed by atoms with van der Waals surface area (Å²) in [5.74, 6) is 1.98. The fourth-order valence-corrected chi connectivity index (χ4v) is 4.88. The molecule has 3 aliphatic heterocycles. The molecule has 2 fully saturated rings. The van der Waals surface area contributed by atoms with Crippen LogP contribution in [0.2, 0.25) is 5.02 Å². The zero-order valence-electron chi connectivity index (χ0n) is 17.3. The van der Waals surface area contributed by atoms with Crippen molar-refractivity contribution in [3.8, 4) is 0 Å². The number of benzene rings is 1. The van der Waals surface area contributed by atoms with E-state index in [1.165, 1.54) is 32.1 Å². The van der Waals surface area contributed by atoms with Crippen LogP contribution < -0.4 is 9.80 Å². The molecule has 0 saturated carbocycles. The van der Waals surface area contributed by atoms with Crippen molar-refractivity contribution < 1.29 is 4.79 Å². The van der Waals surface area contributed by atoms with Crippen LogP contribution in [0.1, 0.15) is 53.7 Å². The molecule has 0 unspecified atom stereocenters. The maximum absolute atomic E-state index is 13.1. The van der Waals surface area contributed by atoms with E-state index in [9.17, 15) is 4.79 Å². The van der Waals surface area contributed by atoms with Crippen LogP contribution in [0, 0.1) is 0 Å². The minimum atomic E-state index is 0.0461. The number of hydrogen-bond donors (Lipinski definition) is 0. The van der Waals surface area contributed by atoms with Crippen LogP contribution in [0.5, 0.6) is 0 Å². The van der Waals surface area contributed by atoms with Crippen molar-refractivity contribution in [1.29, 1.82) is 0 Å². The molecular weight excluding hydrogens is 398 g/mol. The third-order valence-corrected chi connectivity index (χ3v) is 6.70. The van der Waals surface area contributed by atoms with Gasteiger partial charge < -0.3 is 14.7 Å². The van der Waals surface area contributed by atoms with E-state index in [2.05, 4.69) is 9.80 Å². The second-order valence-corrected chi connectivity index (χ2v) is 8.93. The first-order chi connectivity index (χ1) is 14.7. The second-order valence-electron chi connectivity index (χ2n) is 8.50. The molecule has 1 aromatic heterocycles. The summed E-state index contributed by atoms with van der Waals surface area (Å²) >= 11 is 5.99. The Kier molecular flexibility index (Phi) is 5.50. The van der Waals surface area contributed by atoms with Crippen LogP contribution in [-0.4, -0.2) is 53.5 Å². The summed E-state index contributed by atoms with van der Waals surface area (Å²) in [6, 6.07) is 7.15. The summed E-state index contributed by atoms with van der Waals surface area (Å²) in [5.41, 5.74) is 2.93. The van der Waals surface area contributed by atoms with Crippen molar-refractivity contribution in [2.24, 2.45) is 0 Å². The molecular formula is C23H28ClN5O. The lowest BCUT2D eigenvalue weighted by molar-refractivity contribution is 0.0733. The van der Waals surface area contributed by atoms with Crippen LogP contribution in [0.15, 0.2) is 24.3 Å². The van der Waals surface area contributed by atoms with Crippen molar-refractivity contribution in [2.45, 2.75) is 45.1 Å². The molecule has 0 spiro atoms. The number of rotatable bonds is 3. The molecule has 30 heavy (non-hydrogen) atoms. The number of halogens is 1. The van der Waals surface area contributed by atoms with E-state index in [1.54, 1.807) is 24.3 Å². The molecule has 0 N–H and O–H groups in total. The van der Waals surface area contributed by atoms with Crippen LogP contribution in [-0.2, 0) is 13.0 Å². The van der Waals surface area contributed by atoms with Gasteiger partial charge in [0.1, 0.15) is 5.82 Å². The summed E-state index contributed by atoms with van der Waals surface area (Å²) in [7, 11) is 0. The molecule has 158 valence electrons. The van der Waals surface area contributed by atoms with Crippen LogP contribution in [0.3, 0.4) is 0 Å². The molecule has 0 bridgehead atoms. The molecule has 7 heteroatoms. The molecule has 0 radical (unpaired) electrons. The van der Waals surface area contributed by atoms with E-state index in [0.717, 1.165) is 55.6 Å². The number of carbonyl (C=O) groups is 1. The van der Waals surface area contributed by atoms with E-state index in [0.29, 0.717) is 23.7 Å². The molecule has 3 aliphatic rings. The number of carbonyl (C=O) groups excluding carboxylic acids is 1. The predicted octanol–water partition coefficient (Wildman–Crippen LogP) is 3.92. The van der Waals surface area contributed by atoms with Gasteiger partial charge in [0.25, 0.3) is 5.91 Å². The Morgan fingerprint density at radius 2 is 1.50 bits per heavy atom. The minimum absolute atomic E-state index is 0.0461. The Morgan fingerprint density at radius 1 is 0.833 bits per heavy atom. The largest absolute Gasteiger partial charge is 0.356 e. The molecule has 0 atom stereocenters. The van der Waals surface area contributed by atoms with E-state index in [1.807, 2.05) is 4.90 Å². The second kappa shape index (κ2) is 8.42. The van der Waals surface area contributed by atoms with Crippen molar-refractivity contribution >= 4 is 29.3 Å². The van der Waals surface area contributed by atoms with E-state index in [4.69, 9.17) is 21.6 Å². The zero-order chi connectivity index (χ0) is 20.5. The molecule has 4 heterocycles. The zero-order valence-corrected chi connectivity index (χ0v) is 18.1. The SMILES string of the molecule is O=C(c1ccc(Cl)cc1)N1CCc2nc(N3CCCCC3)nc(N3CCCC3)c2C1. The lowest BCUT2D eigenvalue weighted by Gasteiger charge is -2.34. The highest BCUT2D eigenvalue weighted by Crippen LogP contribution is 2.32. The molecule has 6 nitrogen and oxygen atoms in total. The van der Waals surface area contributed by atoms with Gasteiger partial charge in [-0.15, -0.1) is 0 Å². The maximum atomic E-state index is 13.1. The molecule has 2 aromatic rings. The summed E-state index contributed by atoms with van der Waals surface area (Å²) in [4.78, 5) is 29.8. The van der Waals surface area contributed by atoms with Gasteiger partial charge >= 0.3 is 0 Å². The third-order valence-electron chi connectivity index (χ3n) is 6.45. The Hall–Kier alpha value is -2.34. The summed E-state index contributed by atoms with van der Waals surface area (Å²) in [6.07, 6.45) is 6.89. The van der Waals surface area contributed by atoms with Gasteiger partial charge in [-0.1, -0.05) is 11.6 Å². The van der Waals surface area contributed by atoms with Crippen molar-refractivity contribution in [3.63, 3.8) is 0 Å². The van der Waals surface area contributed by atoms with E-state index in [-0.39, 0.29) is 5.91 Å². The van der Waals surface area contributed by atoms with Crippen molar-refractivity contribution in [2.75, 3.05) is 42.5 Å². The van der Waals surface area contributed by atoms with Gasteiger partial charge in [-0.05, 0) is 56.4 Å². The van der Waals surface area contributed by atoms with Crippen molar-refractivity contribution in [3.05, 3.63) is 46.1 Å². The first kappa shape index (κ1) is 19.6. The van der Waals surface area contributed by atoms with Gasteiger partial charge in [0, 0.05) is 55.3 Å². The number of aromatic nitrogens is 2. The number of piperidine rings is 1. The van der Waals surface area contributed by atoms with E-state index < -0.39 is 0 Å². The highest BCUT2D eigenvalue weighted by atomic mass is 35.5. The van der Waals surface area contributed by atoms with Crippen molar-refractivity contribution in [1.82, 2.24) is 14.9 Å². The molecule has 1 aromatic carbocycles. The summed E-state index contributed by atoms with van der Waals surface area (Å²) in [5, 5.41) is 0.644. The predicted molar refractivity (Wildman–Crippen MR) is 119 cm³/mol. The monoisotopic (exact) mass is 425 g/mol. The average molecular weight is 426 g/mol. The number of nitrogens with zero attached hydrogens (tertiary/aromatic N) is 5. The molecule has 2 saturated heterocycles. The number of fused-ring (bicyclic) bond motifs is 1. The number of anilines is 2. The quantitative estimate of drug-likeness (QED) is 0.746. The topological polar surface area (TPSA) is 52.6 Å². The van der Waals surface area contributed by atoms with Gasteiger partial charge in [0.2, 0.25) is 5.95 Å². The summed E-state index contributed by atoms with van der Waals surface area (Å²) in [6.45, 7) is 5.41. The molecule has 1 amide bonds. The average Bonchev–Trinajstić information content (AvgIpc) is 3.33. The highest BCUT2D eigenvalue weighted by molar-refractivity contribution is 6.30. The van der Waals surface area contributed by atoms with Gasteiger partial charge in [-0.25, -0.2) is 4.98 Å². The smallest absolute Gasteiger partial charge is 0.254 e. The van der Waals surface area contributed by atoms with Crippen LogP contribution in [0.4, 0.5) is 11.8 Å². The first-order valence-corrected chi connectivity index (χ1v) is 11.5. The van der Waals surface area contributed by atoms with Crippen LogP contribution in [0.25, 0.3) is 0 Å². The normalized spacial score (nSPS) is 19.2. The third kappa shape index (κ3) is 3.85. The van der Waals surface area contributed by atoms with Crippen LogP contribution >= 0.6 is 11.6 Å². The fraction of sp³-hybridized carbons (Fsp3) is 0.522. The van der Waals surface area contributed by atoms with Gasteiger partial charge in [-0.3, -0.25) is 4.79 Å². The number of hydrogen-bond acceptors (Lipinski definition) is 5. The van der Waals surface area contributed by atoms with E-state index >= 15 is 0 Å². The van der Waals surface area contributed by atoms with Gasteiger partial charge in [0.15, 0.2) is 0 Å². The Balaban J connectivity index is 1.46. The molecule has 5 rings (SSSR count). The summed E-state index contributed by atoms with van der Waals surface area (Å²) < 4.78 is 0. The van der Waals surface area contributed by atoms with Gasteiger partial charge in [-0.2, -0.15) is 4.98 Å². The Bertz CT molecular complexity index is 920. The first-order valence-electron chi connectivity index (χ1n) is 11.1. The standard InChI is InChI=1S/C23H28ClN5O/c24-18-8-6-17(7-9-18)22(30)29-15-10-20-19(16-29)21(27-11-4-5-12-27)26-23(25-20)28-13-2-1-3-14-28/h6-9H,1-5,10-16H2. The highest BCUT2D eigenvalue weighted by Gasteiger charge is 2.30.